The van der Waals surface area contributed by atoms with Crippen LogP contribution in [0.25, 0.3) is 5.69 Å². The van der Waals surface area contributed by atoms with E-state index in [4.69, 9.17) is 15.1 Å². The molecule has 6 heteroatoms. The molecule has 196 valence electrons. The van der Waals surface area contributed by atoms with E-state index in [2.05, 4.69) is 85.6 Å². The van der Waals surface area contributed by atoms with Gasteiger partial charge in [-0.3, -0.25) is 0 Å². The second-order valence-electron chi connectivity index (χ2n) is 10.5. The Morgan fingerprint density at radius 2 is 1.43 bits per heavy atom. The monoisotopic (exact) mass is 522 g/mol. The lowest BCUT2D eigenvalue weighted by Crippen LogP contribution is -2.46. The van der Waals surface area contributed by atoms with Crippen molar-refractivity contribution in [3.8, 4) is 5.69 Å². The molecular weight excluding hydrogens is 492 g/mol. The number of amidine groups is 2. The molecule has 0 bridgehead atoms. The summed E-state index contributed by atoms with van der Waals surface area (Å²) >= 11 is 0. The number of para-hydroxylation sites is 4. The van der Waals surface area contributed by atoms with Gasteiger partial charge in [0.05, 0.1) is 28.8 Å². The molecule has 6 nitrogen and oxygen atoms in total. The van der Waals surface area contributed by atoms with Crippen molar-refractivity contribution in [2.75, 3.05) is 10.2 Å². The molecule has 1 atom stereocenters. The van der Waals surface area contributed by atoms with Gasteiger partial charge in [0.2, 0.25) is 0 Å². The fourth-order valence-electron chi connectivity index (χ4n) is 5.58. The molecule has 0 aliphatic carbocycles. The highest BCUT2D eigenvalue weighted by atomic mass is 15.4. The fraction of sp³-hybridized carbons (Fsp3) is 0.147. The van der Waals surface area contributed by atoms with E-state index in [1.54, 1.807) is 0 Å². The summed E-state index contributed by atoms with van der Waals surface area (Å²) in [5, 5.41) is 8.59. The van der Waals surface area contributed by atoms with Crippen LogP contribution in [0.2, 0.25) is 0 Å². The van der Waals surface area contributed by atoms with Gasteiger partial charge >= 0.3 is 0 Å². The molecule has 2 aliphatic heterocycles. The molecule has 40 heavy (non-hydrogen) atoms. The molecule has 7 rings (SSSR count). The largest absolute Gasteiger partial charge is 0.337 e. The Bertz CT molecular complexity index is 1750. The van der Waals surface area contributed by atoms with E-state index in [0.29, 0.717) is 11.8 Å². The smallest absolute Gasteiger partial charge is 0.179 e. The SMILES string of the molecule is Cc1nn(-c2ccccc2)c2c1C(c1ccc(C(C)C)cc1)N1C(=N2)C(Nc2ccccc2)=Nc2ccccc21. The molecule has 1 unspecified atom stereocenters. The fourth-order valence-corrected chi connectivity index (χ4v) is 5.58. The standard InChI is InChI=1S/C34H30N6/c1-22(2)24-18-20-25(21-19-24)31-30-23(3)38-40(27-14-8-5-9-15-27)33(30)37-34-32(35-26-12-6-4-7-13-26)36-28-16-10-11-17-29(28)39(31)34/h4-22,31H,1-3H3,(H,35,36). The Morgan fingerprint density at radius 1 is 0.750 bits per heavy atom. The van der Waals surface area contributed by atoms with E-state index in [1.807, 2.05) is 59.3 Å². The van der Waals surface area contributed by atoms with Crippen LogP contribution in [-0.4, -0.2) is 21.5 Å². The molecule has 4 aromatic carbocycles. The van der Waals surface area contributed by atoms with E-state index in [0.717, 1.165) is 45.7 Å². The Labute approximate surface area is 234 Å². The number of benzene rings is 4. The van der Waals surface area contributed by atoms with Crippen molar-refractivity contribution in [1.29, 1.82) is 0 Å². The van der Waals surface area contributed by atoms with E-state index in [9.17, 15) is 0 Å². The van der Waals surface area contributed by atoms with Gasteiger partial charge in [-0.2, -0.15) is 5.10 Å². The normalized spacial score (nSPS) is 15.6. The van der Waals surface area contributed by atoms with Crippen LogP contribution in [0.5, 0.6) is 0 Å². The van der Waals surface area contributed by atoms with Crippen LogP contribution in [0.1, 0.15) is 48.2 Å². The van der Waals surface area contributed by atoms with Gasteiger partial charge in [-0.05, 0) is 60.4 Å². The quantitative estimate of drug-likeness (QED) is 0.259. The predicted octanol–water partition coefficient (Wildman–Crippen LogP) is 8.10. The Morgan fingerprint density at radius 3 is 2.15 bits per heavy atom. The number of aromatic nitrogens is 2. The summed E-state index contributed by atoms with van der Waals surface area (Å²) in [6.07, 6.45) is 0. The summed E-state index contributed by atoms with van der Waals surface area (Å²) < 4.78 is 1.96. The third kappa shape index (κ3) is 4.00. The highest BCUT2D eigenvalue weighted by molar-refractivity contribution is 6.51. The van der Waals surface area contributed by atoms with Gasteiger partial charge in [-0.1, -0.05) is 86.6 Å². The lowest BCUT2D eigenvalue weighted by Gasteiger charge is -2.40. The molecule has 1 aromatic heterocycles. The van der Waals surface area contributed by atoms with Gasteiger partial charge in [0, 0.05) is 11.3 Å². The van der Waals surface area contributed by atoms with Gasteiger partial charge in [0.25, 0.3) is 0 Å². The highest BCUT2D eigenvalue weighted by Gasteiger charge is 2.41. The maximum Gasteiger partial charge on any atom is 0.179 e. The van der Waals surface area contributed by atoms with Crippen LogP contribution in [0.4, 0.5) is 22.9 Å². The predicted molar refractivity (Wildman–Crippen MR) is 164 cm³/mol. The molecule has 0 saturated heterocycles. The summed E-state index contributed by atoms with van der Waals surface area (Å²) in [5.41, 5.74) is 8.42. The lowest BCUT2D eigenvalue weighted by atomic mass is 9.91. The van der Waals surface area contributed by atoms with Gasteiger partial charge in [0.1, 0.15) is 0 Å². The van der Waals surface area contributed by atoms with Crippen LogP contribution < -0.4 is 10.2 Å². The number of aryl methyl sites for hydroxylation is 1. The summed E-state index contributed by atoms with van der Waals surface area (Å²) in [6.45, 7) is 6.54. The zero-order valence-corrected chi connectivity index (χ0v) is 22.8. The summed E-state index contributed by atoms with van der Waals surface area (Å²) in [6, 6.07) is 37.5. The van der Waals surface area contributed by atoms with Crippen molar-refractivity contribution in [3.63, 3.8) is 0 Å². The number of anilines is 2. The summed E-state index contributed by atoms with van der Waals surface area (Å²) in [7, 11) is 0. The van der Waals surface area contributed by atoms with Crippen molar-refractivity contribution in [2.45, 2.75) is 32.7 Å². The maximum atomic E-state index is 5.31. The summed E-state index contributed by atoms with van der Waals surface area (Å²) in [5.74, 6) is 2.76. The topological polar surface area (TPSA) is 57.8 Å². The zero-order valence-electron chi connectivity index (χ0n) is 22.8. The second kappa shape index (κ2) is 9.65. The first kappa shape index (κ1) is 24.1. The van der Waals surface area contributed by atoms with Crippen LogP contribution in [0, 0.1) is 6.92 Å². The Hall–Kier alpha value is -4.97. The number of rotatable bonds is 4. The van der Waals surface area contributed by atoms with Crippen molar-refractivity contribution in [1.82, 2.24) is 9.78 Å². The van der Waals surface area contributed by atoms with Gasteiger partial charge in [-0.25, -0.2) is 14.7 Å². The molecule has 5 aromatic rings. The summed E-state index contributed by atoms with van der Waals surface area (Å²) in [4.78, 5) is 12.7. The average molecular weight is 523 g/mol. The van der Waals surface area contributed by atoms with E-state index < -0.39 is 0 Å². The van der Waals surface area contributed by atoms with Crippen LogP contribution in [-0.2, 0) is 0 Å². The molecule has 1 N–H and O–H groups in total. The van der Waals surface area contributed by atoms with Crippen LogP contribution >= 0.6 is 0 Å². The number of nitrogens with zero attached hydrogens (tertiary/aromatic N) is 5. The number of hydrogen-bond donors (Lipinski definition) is 1. The first-order valence-corrected chi connectivity index (χ1v) is 13.7. The number of fused-ring (bicyclic) bond motifs is 4. The molecule has 0 spiro atoms. The number of hydrogen-bond acceptors (Lipinski definition) is 5. The zero-order chi connectivity index (χ0) is 27.2. The van der Waals surface area contributed by atoms with Crippen molar-refractivity contribution >= 4 is 34.6 Å². The van der Waals surface area contributed by atoms with Gasteiger partial charge < -0.3 is 10.2 Å². The van der Waals surface area contributed by atoms with Crippen molar-refractivity contribution in [2.24, 2.45) is 9.98 Å². The minimum absolute atomic E-state index is 0.134. The van der Waals surface area contributed by atoms with Crippen molar-refractivity contribution < 1.29 is 0 Å². The van der Waals surface area contributed by atoms with Gasteiger partial charge in [0.15, 0.2) is 17.5 Å². The number of aliphatic imine (C=N–C) groups is 2. The molecule has 0 fully saturated rings. The molecule has 3 heterocycles. The minimum atomic E-state index is -0.134. The molecule has 2 aliphatic rings. The van der Waals surface area contributed by atoms with E-state index in [1.165, 1.54) is 11.1 Å². The average Bonchev–Trinajstić information content (AvgIpc) is 3.33. The Balaban J connectivity index is 1.49. The highest BCUT2D eigenvalue weighted by Crippen LogP contribution is 2.48. The van der Waals surface area contributed by atoms with Crippen LogP contribution in [0.3, 0.4) is 0 Å². The van der Waals surface area contributed by atoms with Crippen LogP contribution in [0.15, 0.2) is 119 Å². The minimum Gasteiger partial charge on any atom is -0.337 e. The Kier molecular flexibility index (Phi) is 5.81. The van der Waals surface area contributed by atoms with E-state index >= 15 is 0 Å². The molecule has 0 amide bonds. The molecule has 0 saturated carbocycles. The first-order chi connectivity index (χ1) is 19.6. The second-order valence-corrected chi connectivity index (χ2v) is 10.5. The van der Waals surface area contributed by atoms with Gasteiger partial charge in [-0.15, -0.1) is 0 Å². The third-order valence-corrected chi connectivity index (χ3v) is 7.59. The maximum absolute atomic E-state index is 5.31. The van der Waals surface area contributed by atoms with Crippen molar-refractivity contribution in [3.05, 3.63) is 132 Å². The molecule has 0 radical (unpaired) electrons. The molecular formula is C34H30N6. The third-order valence-electron chi connectivity index (χ3n) is 7.59. The van der Waals surface area contributed by atoms with E-state index in [-0.39, 0.29) is 6.04 Å². The first-order valence-electron chi connectivity index (χ1n) is 13.7. The lowest BCUT2D eigenvalue weighted by molar-refractivity contribution is 0.810. The number of nitrogens with one attached hydrogen (secondary N) is 1.